The second-order valence-electron chi connectivity index (χ2n) is 9.95. The van der Waals surface area contributed by atoms with Crippen LogP contribution >= 0.6 is 0 Å². The number of nitrogens with one attached hydrogen (secondary N) is 1. The fourth-order valence-corrected chi connectivity index (χ4v) is 5.86. The van der Waals surface area contributed by atoms with Gasteiger partial charge in [0.05, 0.1) is 31.2 Å². The van der Waals surface area contributed by atoms with Crippen LogP contribution in [0.25, 0.3) is 0 Å². The van der Waals surface area contributed by atoms with Crippen LogP contribution in [0, 0.1) is 24.7 Å². The van der Waals surface area contributed by atoms with Gasteiger partial charge in [-0.15, -0.1) is 0 Å². The van der Waals surface area contributed by atoms with E-state index in [2.05, 4.69) is 39.2 Å². The van der Waals surface area contributed by atoms with Crippen LogP contribution in [0.1, 0.15) is 41.5 Å². The first-order valence-corrected chi connectivity index (χ1v) is 11.9. The maximum Gasteiger partial charge on any atom is 0.272 e. The number of amides is 1. The predicted octanol–water partition coefficient (Wildman–Crippen LogP) is 1.97. The number of aliphatic hydroxyl groups is 1. The Balaban J connectivity index is 1.08. The number of anilines is 1. The molecule has 2 aliphatic carbocycles. The molecule has 1 amide bonds. The molecule has 8 heteroatoms. The quantitative estimate of drug-likeness (QED) is 0.707. The summed E-state index contributed by atoms with van der Waals surface area (Å²) in [5, 5.41) is 12.5. The van der Waals surface area contributed by atoms with Crippen molar-refractivity contribution in [2.24, 2.45) is 22.7 Å². The van der Waals surface area contributed by atoms with Gasteiger partial charge in [0.1, 0.15) is 11.5 Å². The lowest BCUT2D eigenvalue weighted by molar-refractivity contribution is 0.0942. The van der Waals surface area contributed by atoms with Crippen LogP contribution in [0.5, 0.6) is 0 Å². The number of imidazole rings is 1. The van der Waals surface area contributed by atoms with Crippen molar-refractivity contribution in [1.29, 1.82) is 0 Å². The van der Waals surface area contributed by atoms with Crippen LogP contribution in [0.15, 0.2) is 40.8 Å². The average molecular weight is 447 g/mol. The average Bonchev–Trinajstić information content (AvgIpc) is 3.36. The Hall–Kier alpha value is -3.00. The first kappa shape index (κ1) is 20.6. The van der Waals surface area contributed by atoms with Crippen molar-refractivity contribution in [2.45, 2.75) is 39.3 Å². The molecule has 0 aromatic carbocycles. The smallest absolute Gasteiger partial charge is 0.272 e. The van der Waals surface area contributed by atoms with Gasteiger partial charge in [0.25, 0.3) is 5.91 Å². The lowest BCUT2D eigenvalue weighted by Crippen LogP contribution is -2.37. The van der Waals surface area contributed by atoms with E-state index in [0.29, 0.717) is 36.6 Å². The highest BCUT2D eigenvalue weighted by Gasteiger charge is 2.55. The van der Waals surface area contributed by atoms with Gasteiger partial charge in [-0.2, -0.15) is 0 Å². The molecule has 6 rings (SSSR count). The highest BCUT2D eigenvalue weighted by molar-refractivity contribution is 6.10. The monoisotopic (exact) mass is 446 g/mol. The minimum Gasteiger partial charge on any atom is -0.396 e. The Bertz CT molecular complexity index is 1170. The largest absolute Gasteiger partial charge is 0.396 e. The normalized spacial score (nSPS) is 27.6. The second kappa shape index (κ2) is 7.80. The molecule has 8 nitrogen and oxygen atoms in total. The summed E-state index contributed by atoms with van der Waals surface area (Å²) in [4.78, 5) is 28.9. The first-order chi connectivity index (χ1) is 16.0. The number of hydrogen-bond acceptors (Lipinski definition) is 6. The van der Waals surface area contributed by atoms with E-state index in [4.69, 9.17) is 4.98 Å². The topological polar surface area (TPSA) is 95.6 Å². The highest BCUT2D eigenvalue weighted by Crippen LogP contribution is 2.51. The van der Waals surface area contributed by atoms with Gasteiger partial charge in [-0.05, 0) is 67.2 Å². The summed E-state index contributed by atoms with van der Waals surface area (Å²) in [5.41, 5.74) is 6.26. The van der Waals surface area contributed by atoms with Crippen molar-refractivity contribution >= 4 is 17.4 Å². The SMILES string of the molecule is CC1=C2CC[C@@H](NC(=O)c3cn(Cc4ccc(N5C[C@@H]6C(CO)[C@@H]6C5)nc4C)cn3)C2=NC1. The van der Waals surface area contributed by atoms with E-state index >= 15 is 0 Å². The third-order valence-corrected chi connectivity index (χ3v) is 7.93. The van der Waals surface area contributed by atoms with Crippen molar-refractivity contribution in [2.75, 3.05) is 31.1 Å². The Labute approximate surface area is 193 Å². The molecule has 2 aromatic rings. The summed E-state index contributed by atoms with van der Waals surface area (Å²) in [6, 6.07) is 4.21. The van der Waals surface area contributed by atoms with Crippen molar-refractivity contribution in [3.8, 4) is 0 Å². The number of aliphatic hydroxyl groups excluding tert-OH is 1. The number of carbonyl (C=O) groups is 1. The maximum absolute atomic E-state index is 12.8. The molecule has 1 unspecified atom stereocenters. The molecular formula is C25H30N6O2. The minimum absolute atomic E-state index is 0.00151. The van der Waals surface area contributed by atoms with Crippen LogP contribution in [0.3, 0.4) is 0 Å². The molecule has 2 aromatic heterocycles. The van der Waals surface area contributed by atoms with Gasteiger partial charge in [0, 0.05) is 31.6 Å². The van der Waals surface area contributed by atoms with Crippen molar-refractivity contribution in [3.05, 3.63) is 52.8 Å². The Morgan fingerprint density at radius 3 is 2.82 bits per heavy atom. The minimum atomic E-state index is -0.147. The predicted molar refractivity (Wildman–Crippen MR) is 126 cm³/mol. The molecule has 1 saturated heterocycles. The molecule has 2 saturated carbocycles. The lowest BCUT2D eigenvalue weighted by atomic mass is 10.1. The third-order valence-electron chi connectivity index (χ3n) is 7.93. The molecule has 33 heavy (non-hydrogen) atoms. The molecule has 4 atom stereocenters. The molecule has 0 bridgehead atoms. The fraction of sp³-hybridized carbons (Fsp3) is 0.520. The molecule has 2 N–H and O–H groups in total. The Kier molecular flexibility index (Phi) is 4.87. The van der Waals surface area contributed by atoms with Crippen molar-refractivity contribution < 1.29 is 9.90 Å². The summed E-state index contributed by atoms with van der Waals surface area (Å²) in [7, 11) is 0. The molecular weight excluding hydrogens is 416 g/mol. The molecule has 2 aliphatic heterocycles. The Morgan fingerprint density at radius 1 is 1.24 bits per heavy atom. The zero-order valence-corrected chi connectivity index (χ0v) is 19.2. The molecule has 0 radical (unpaired) electrons. The van der Waals surface area contributed by atoms with Gasteiger partial charge >= 0.3 is 0 Å². The maximum atomic E-state index is 12.8. The van der Waals surface area contributed by atoms with E-state index < -0.39 is 0 Å². The number of aliphatic imine (C=N–C) groups is 1. The van der Waals surface area contributed by atoms with Gasteiger partial charge < -0.3 is 19.9 Å². The summed E-state index contributed by atoms with van der Waals surface area (Å²) in [6.07, 6.45) is 5.42. The second-order valence-corrected chi connectivity index (χ2v) is 9.95. The number of nitrogens with zero attached hydrogens (tertiary/aromatic N) is 5. The number of fused-ring (bicyclic) bond motifs is 2. The van der Waals surface area contributed by atoms with E-state index in [1.165, 1.54) is 11.1 Å². The number of pyridine rings is 1. The fourth-order valence-electron chi connectivity index (χ4n) is 5.86. The molecule has 4 aliphatic rings. The van der Waals surface area contributed by atoms with E-state index in [1.54, 1.807) is 12.5 Å². The highest BCUT2D eigenvalue weighted by atomic mass is 16.3. The molecule has 4 heterocycles. The number of aryl methyl sites for hydroxylation is 1. The van der Waals surface area contributed by atoms with E-state index in [-0.39, 0.29) is 11.9 Å². The van der Waals surface area contributed by atoms with Crippen LogP contribution in [0.4, 0.5) is 5.82 Å². The standard InChI is InChI=1S/C25H30N6O2/c1-14-7-26-24-17(14)4-5-21(24)29-25(33)22-11-30(13-27-22)8-16-3-6-23(28-15(16)2)31-9-18-19(10-31)20(18)12-32/h3,6,11,13,18-21,32H,4-5,7-10,12H2,1-2H3,(H,29,33)/t18-,19+,20?,21-/m1/s1. The summed E-state index contributed by atoms with van der Waals surface area (Å²) in [6.45, 7) is 7.84. The summed E-state index contributed by atoms with van der Waals surface area (Å²) < 4.78 is 1.94. The van der Waals surface area contributed by atoms with Gasteiger partial charge in [-0.25, -0.2) is 9.97 Å². The molecule has 3 fully saturated rings. The van der Waals surface area contributed by atoms with E-state index in [1.807, 2.05) is 11.5 Å². The first-order valence-electron chi connectivity index (χ1n) is 11.9. The van der Waals surface area contributed by atoms with Crippen LogP contribution < -0.4 is 10.2 Å². The number of carbonyl (C=O) groups excluding carboxylic acids is 1. The number of piperidine rings is 1. The molecule has 172 valence electrons. The van der Waals surface area contributed by atoms with Crippen LogP contribution in [-0.2, 0) is 6.54 Å². The van der Waals surface area contributed by atoms with Gasteiger partial charge in [-0.3, -0.25) is 9.79 Å². The third kappa shape index (κ3) is 3.57. The number of aromatic nitrogens is 3. The van der Waals surface area contributed by atoms with Crippen molar-refractivity contribution in [1.82, 2.24) is 19.9 Å². The number of rotatable bonds is 6. The summed E-state index contributed by atoms with van der Waals surface area (Å²) in [5.74, 6) is 2.62. The lowest BCUT2D eigenvalue weighted by Gasteiger charge is -2.21. The van der Waals surface area contributed by atoms with Crippen molar-refractivity contribution in [3.63, 3.8) is 0 Å². The van der Waals surface area contributed by atoms with Gasteiger partial charge in [0.15, 0.2) is 0 Å². The van der Waals surface area contributed by atoms with Gasteiger partial charge in [-0.1, -0.05) is 6.07 Å². The van der Waals surface area contributed by atoms with Crippen LogP contribution in [-0.4, -0.2) is 63.5 Å². The summed E-state index contributed by atoms with van der Waals surface area (Å²) >= 11 is 0. The van der Waals surface area contributed by atoms with Gasteiger partial charge in [0.2, 0.25) is 0 Å². The zero-order valence-electron chi connectivity index (χ0n) is 19.2. The zero-order chi connectivity index (χ0) is 22.7. The van der Waals surface area contributed by atoms with E-state index in [0.717, 1.165) is 55.3 Å². The van der Waals surface area contributed by atoms with Crippen LogP contribution in [0.2, 0.25) is 0 Å². The number of hydrogen-bond donors (Lipinski definition) is 2. The molecule has 0 spiro atoms. The van der Waals surface area contributed by atoms with E-state index in [9.17, 15) is 9.90 Å². The Morgan fingerprint density at radius 2 is 2.06 bits per heavy atom.